The molecular formula is C19H24BrN5O2S. The number of benzene rings is 1. The van der Waals surface area contributed by atoms with Gasteiger partial charge in [-0.15, -0.1) is 0 Å². The topological polar surface area (TPSA) is 88.4 Å². The van der Waals surface area contributed by atoms with Crippen LogP contribution < -0.4 is 10.0 Å². The molecule has 0 aliphatic carbocycles. The monoisotopic (exact) mass is 465 g/mol. The fourth-order valence-electron chi connectivity index (χ4n) is 2.86. The first-order valence-electron chi connectivity index (χ1n) is 9.23. The lowest BCUT2D eigenvalue weighted by Crippen LogP contribution is -2.26. The Morgan fingerprint density at radius 1 is 1.18 bits per heavy atom. The van der Waals surface area contributed by atoms with Crippen LogP contribution in [0, 0.1) is 6.92 Å². The van der Waals surface area contributed by atoms with Gasteiger partial charge in [-0.2, -0.15) is 9.61 Å². The molecule has 3 aromatic rings. The van der Waals surface area contributed by atoms with E-state index in [9.17, 15) is 8.42 Å². The van der Waals surface area contributed by atoms with Crippen LogP contribution in [0.1, 0.15) is 25.3 Å². The number of rotatable bonds is 9. The molecule has 0 atom stereocenters. The van der Waals surface area contributed by atoms with Gasteiger partial charge in [0.15, 0.2) is 5.65 Å². The summed E-state index contributed by atoms with van der Waals surface area (Å²) in [5, 5.41) is 7.79. The second-order valence-electron chi connectivity index (χ2n) is 6.50. The van der Waals surface area contributed by atoms with Crippen LogP contribution in [-0.4, -0.2) is 41.9 Å². The second kappa shape index (κ2) is 9.02. The van der Waals surface area contributed by atoms with Gasteiger partial charge in [0.05, 0.1) is 22.1 Å². The van der Waals surface area contributed by atoms with Gasteiger partial charge in [-0.25, -0.2) is 18.1 Å². The first-order chi connectivity index (χ1) is 13.4. The van der Waals surface area contributed by atoms with E-state index in [4.69, 9.17) is 4.98 Å². The number of fused-ring (bicyclic) bond motifs is 1. The Hall–Kier alpha value is -1.97. The number of hydrogen-bond donors (Lipinski definition) is 2. The van der Waals surface area contributed by atoms with E-state index in [2.05, 4.69) is 50.1 Å². The molecule has 0 spiro atoms. The molecule has 7 nitrogen and oxygen atoms in total. The number of aryl methyl sites for hydroxylation is 1. The summed E-state index contributed by atoms with van der Waals surface area (Å²) in [6, 6.07) is 10.1. The van der Waals surface area contributed by atoms with Gasteiger partial charge in [0.2, 0.25) is 10.0 Å². The quantitative estimate of drug-likeness (QED) is 0.471. The number of aromatic nitrogens is 3. The van der Waals surface area contributed by atoms with E-state index in [1.54, 1.807) is 17.6 Å². The molecule has 0 radical (unpaired) electrons. The van der Waals surface area contributed by atoms with Gasteiger partial charge in [0.1, 0.15) is 5.82 Å². The van der Waals surface area contributed by atoms with Gasteiger partial charge in [-0.3, -0.25) is 0 Å². The number of nitrogens with one attached hydrogen (secondary N) is 2. The van der Waals surface area contributed by atoms with E-state index in [1.165, 1.54) is 0 Å². The van der Waals surface area contributed by atoms with Crippen molar-refractivity contribution in [2.75, 3.05) is 24.2 Å². The minimum absolute atomic E-state index is 0.107. The number of unbranched alkanes of at least 4 members (excludes halogenated alkanes) is 1. The van der Waals surface area contributed by atoms with E-state index in [-0.39, 0.29) is 5.75 Å². The summed E-state index contributed by atoms with van der Waals surface area (Å²) < 4.78 is 28.1. The zero-order valence-electron chi connectivity index (χ0n) is 15.9. The first kappa shape index (κ1) is 20.8. The maximum Gasteiger partial charge on any atom is 0.211 e. The average Bonchev–Trinajstić information content (AvgIpc) is 3.06. The third-order valence-corrected chi connectivity index (χ3v) is 6.42. The maximum atomic E-state index is 11.5. The number of anilines is 1. The molecule has 0 saturated carbocycles. The molecule has 0 bridgehead atoms. The lowest BCUT2D eigenvalue weighted by molar-refractivity contribution is 0.579. The van der Waals surface area contributed by atoms with Crippen LogP contribution in [0.15, 0.2) is 41.0 Å². The molecule has 9 heteroatoms. The Bertz CT molecular complexity index is 1070. The van der Waals surface area contributed by atoms with Crippen LogP contribution in [0.3, 0.4) is 0 Å². The summed E-state index contributed by atoms with van der Waals surface area (Å²) in [5.41, 5.74) is 3.86. The Balaban J connectivity index is 1.73. The Morgan fingerprint density at radius 3 is 2.68 bits per heavy atom. The van der Waals surface area contributed by atoms with Gasteiger partial charge < -0.3 is 5.32 Å². The smallest absolute Gasteiger partial charge is 0.211 e. The second-order valence-corrected chi connectivity index (χ2v) is 9.45. The minimum atomic E-state index is -3.12. The van der Waals surface area contributed by atoms with Crippen LogP contribution in [0.25, 0.3) is 16.9 Å². The van der Waals surface area contributed by atoms with Crippen molar-refractivity contribution in [2.24, 2.45) is 0 Å². The zero-order valence-corrected chi connectivity index (χ0v) is 18.3. The highest BCUT2D eigenvalue weighted by atomic mass is 79.9. The third-order valence-electron chi connectivity index (χ3n) is 4.46. The Kier molecular flexibility index (Phi) is 6.69. The van der Waals surface area contributed by atoms with Crippen molar-refractivity contribution in [3.05, 3.63) is 46.6 Å². The van der Waals surface area contributed by atoms with E-state index >= 15 is 0 Å². The fraction of sp³-hybridized carbons (Fsp3) is 0.368. The van der Waals surface area contributed by atoms with Crippen molar-refractivity contribution in [3.8, 4) is 11.3 Å². The summed E-state index contributed by atoms with van der Waals surface area (Å²) in [6.07, 6.45) is 3.32. The van der Waals surface area contributed by atoms with Crippen LogP contribution in [0.5, 0.6) is 0 Å². The predicted octanol–water partition coefficient (Wildman–Crippen LogP) is 3.60. The van der Waals surface area contributed by atoms with Gasteiger partial charge in [-0.1, -0.05) is 24.3 Å². The zero-order chi connectivity index (χ0) is 20.1. The van der Waals surface area contributed by atoms with Gasteiger partial charge >= 0.3 is 0 Å². The van der Waals surface area contributed by atoms with Crippen molar-refractivity contribution in [1.29, 1.82) is 0 Å². The van der Waals surface area contributed by atoms with Crippen LogP contribution >= 0.6 is 15.9 Å². The van der Waals surface area contributed by atoms with Crippen molar-refractivity contribution in [1.82, 2.24) is 19.3 Å². The molecule has 0 fully saturated rings. The highest BCUT2D eigenvalue weighted by Crippen LogP contribution is 2.27. The van der Waals surface area contributed by atoms with E-state index in [0.29, 0.717) is 13.1 Å². The Morgan fingerprint density at radius 2 is 1.93 bits per heavy atom. The normalized spacial score (nSPS) is 11.8. The number of hydrogen-bond acceptors (Lipinski definition) is 5. The summed E-state index contributed by atoms with van der Waals surface area (Å²) >= 11 is 3.52. The van der Waals surface area contributed by atoms with E-state index < -0.39 is 10.0 Å². The predicted molar refractivity (Wildman–Crippen MR) is 116 cm³/mol. The minimum Gasteiger partial charge on any atom is -0.370 e. The molecule has 0 amide bonds. The molecule has 2 heterocycles. The lowest BCUT2D eigenvalue weighted by atomic mass is 10.1. The molecule has 28 heavy (non-hydrogen) atoms. The molecular weight excluding hydrogens is 442 g/mol. The van der Waals surface area contributed by atoms with Crippen molar-refractivity contribution in [3.63, 3.8) is 0 Å². The fourth-order valence-corrected chi connectivity index (χ4v) is 3.86. The number of halogens is 1. The third kappa shape index (κ3) is 4.89. The standard InChI is InChI=1S/C19H24BrN5O2S/c1-3-28(26,27)23-11-7-6-10-21-18-12-17(15-9-5-4-8-14(15)2)24-19-16(20)13-22-25(18)19/h4-5,8-9,12-13,21,23H,3,6-7,10-11H2,1-2H3. The van der Waals surface area contributed by atoms with E-state index in [1.807, 2.05) is 18.2 Å². The van der Waals surface area contributed by atoms with Crippen LogP contribution in [0.2, 0.25) is 0 Å². The molecule has 3 rings (SSSR count). The summed E-state index contributed by atoms with van der Waals surface area (Å²) in [5.74, 6) is 0.957. The number of sulfonamides is 1. The van der Waals surface area contributed by atoms with Crippen LogP contribution in [0.4, 0.5) is 5.82 Å². The summed E-state index contributed by atoms with van der Waals surface area (Å²) in [6.45, 7) is 4.85. The highest BCUT2D eigenvalue weighted by molar-refractivity contribution is 9.10. The summed E-state index contributed by atoms with van der Waals surface area (Å²) in [7, 11) is -3.12. The summed E-state index contributed by atoms with van der Waals surface area (Å²) in [4.78, 5) is 4.76. The lowest BCUT2D eigenvalue weighted by Gasteiger charge is -2.12. The van der Waals surface area contributed by atoms with E-state index in [0.717, 1.165) is 45.6 Å². The van der Waals surface area contributed by atoms with Crippen molar-refractivity contribution in [2.45, 2.75) is 26.7 Å². The van der Waals surface area contributed by atoms with Crippen molar-refractivity contribution < 1.29 is 8.42 Å². The molecule has 150 valence electrons. The molecule has 0 aliphatic rings. The maximum absolute atomic E-state index is 11.5. The molecule has 2 N–H and O–H groups in total. The molecule has 2 aromatic heterocycles. The first-order valence-corrected chi connectivity index (χ1v) is 11.7. The Labute approximate surface area is 173 Å². The highest BCUT2D eigenvalue weighted by Gasteiger charge is 2.12. The largest absolute Gasteiger partial charge is 0.370 e. The molecule has 1 aromatic carbocycles. The van der Waals surface area contributed by atoms with Crippen LogP contribution in [-0.2, 0) is 10.0 Å². The van der Waals surface area contributed by atoms with Gasteiger partial charge in [-0.05, 0) is 48.2 Å². The molecule has 0 saturated heterocycles. The number of nitrogens with zero attached hydrogens (tertiary/aromatic N) is 3. The molecule has 0 aliphatic heterocycles. The van der Waals surface area contributed by atoms with Crippen molar-refractivity contribution >= 4 is 37.4 Å². The average molecular weight is 466 g/mol. The van der Waals surface area contributed by atoms with Gasteiger partial charge in [0.25, 0.3) is 0 Å². The molecule has 0 unspecified atom stereocenters. The SMILES string of the molecule is CCS(=O)(=O)NCCCCNc1cc(-c2ccccc2C)nc2c(Br)cnn12. The van der Waals surface area contributed by atoms with Gasteiger partial charge in [0, 0.05) is 24.7 Å².